The van der Waals surface area contributed by atoms with Crippen LogP contribution in [0.25, 0.3) is 16.9 Å². The summed E-state index contributed by atoms with van der Waals surface area (Å²) in [7, 11) is 0. The first-order valence-electron chi connectivity index (χ1n) is 10.6. The first-order valence-corrected chi connectivity index (χ1v) is 10.6. The minimum Gasteiger partial charge on any atom is -0.350 e. The monoisotopic (exact) mass is 445 g/mol. The van der Waals surface area contributed by atoms with Crippen LogP contribution in [-0.4, -0.2) is 32.4 Å². The van der Waals surface area contributed by atoms with Crippen LogP contribution in [0, 0.1) is 11.7 Å². The van der Waals surface area contributed by atoms with Gasteiger partial charge in [0, 0.05) is 12.7 Å². The van der Waals surface area contributed by atoms with Gasteiger partial charge in [0.2, 0.25) is 5.91 Å². The van der Waals surface area contributed by atoms with Gasteiger partial charge < -0.3 is 10.6 Å². The number of hydrogen-bond acceptors (Lipinski definition) is 4. The van der Waals surface area contributed by atoms with Crippen molar-refractivity contribution in [3.63, 3.8) is 0 Å². The molecule has 0 spiro atoms. The van der Waals surface area contributed by atoms with Crippen LogP contribution in [0.5, 0.6) is 0 Å². The molecule has 2 amide bonds. The van der Waals surface area contributed by atoms with Crippen LogP contribution in [0.3, 0.4) is 0 Å². The highest BCUT2D eigenvalue weighted by atomic mass is 19.1. The summed E-state index contributed by atoms with van der Waals surface area (Å²) in [6, 6.07) is 16.4. The lowest BCUT2D eigenvalue weighted by molar-refractivity contribution is -0.124. The van der Waals surface area contributed by atoms with Gasteiger partial charge in [0.25, 0.3) is 5.91 Å². The van der Waals surface area contributed by atoms with Gasteiger partial charge in [-0.2, -0.15) is 0 Å². The molecule has 8 heteroatoms. The van der Waals surface area contributed by atoms with Crippen LogP contribution < -0.4 is 10.6 Å². The minimum absolute atomic E-state index is 0.0947. The highest BCUT2D eigenvalue weighted by Gasteiger charge is 2.25. The Morgan fingerprint density at radius 3 is 2.48 bits per heavy atom. The predicted molar refractivity (Wildman–Crippen MR) is 123 cm³/mol. The van der Waals surface area contributed by atoms with Crippen LogP contribution in [0.2, 0.25) is 0 Å². The van der Waals surface area contributed by atoms with Crippen molar-refractivity contribution in [3.05, 3.63) is 90.1 Å². The second kappa shape index (κ2) is 9.60. The molecule has 0 aliphatic heterocycles. The van der Waals surface area contributed by atoms with Crippen molar-refractivity contribution < 1.29 is 14.0 Å². The van der Waals surface area contributed by atoms with Crippen molar-refractivity contribution in [2.24, 2.45) is 5.92 Å². The van der Waals surface area contributed by atoms with Crippen molar-refractivity contribution in [1.82, 2.24) is 25.2 Å². The van der Waals surface area contributed by atoms with E-state index in [2.05, 4.69) is 20.6 Å². The molecule has 0 bridgehead atoms. The van der Waals surface area contributed by atoms with E-state index in [1.807, 2.05) is 54.8 Å². The summed E-state index contributed by atoms with van der Waals surface area (Å²) >= 11 is 0. The Bertz CT molecular complexity index is 1280. The topological polar surface area (TPSA) is 88.9 Å². The summed E-state index contributed by atoms with van der Waals surface area (Å²) in [5.74, 6) is -1.07. The van der Waals surface area contributed by atoms with E-state index in [1.54, 1.807) is 18.6 Å². The number of fused-ring (bicyclic) bond motifs is 1. The van der Waals surface area contributed by atoms with E-state index in [0.29, 0.717) is 0 Å². The zero-order valence-corrected chi connectivity index (χ0v) is 18.3. The Labute approximate surface area is 190 Å². The van der Waals surface area contributed by atoms with E-state index < -0.39 is 17.8 Å². The molecule has 2 N–H and O–H groups in total. The van der Waals surface area contributed by atoms with Gasteiger partial charge in [-0.1, -0.05) is 44.2 Å². The number of hydrogen-bond donors (Lipinski definition) is 2. The maximum Gasteiger partial charge on any atom is 0.254 e. The van der Waals surface area contributed by atoms with Crippen LogP contribution in [0.15, 0.2) is 73.2 Å². The molecule has 33 heavy (non-hydrogen) atoms. The van der Waals surface area contributed by atoms with Crippen molar-refractivity contribution in [3.8, 4) is 5.82 Å². The molecule has 4 rings (SSSR count). The van der Waals surface area contributed by atoms with Gasteiger partial charge in [-0.15, -0.1) is 0 Å². The quantitative estimate of drug-likeness (QED) is 0.455. The number of nitrogens with zero attached hydrogens (tertiary/aromatic N) is 3. The van der Waals surface area contributed by atoms with Crippen molar-refractivity contribution >= 4 is 22.8 Å². The largest absolute Gasteiger partial charge is 0.350 e. The van der Waals surface area contributed by atoms with Gasteiger partial charge in [0.05, 0.1) is 16.6 Å². The molecule has 168 valence electrons. The fraction of sp³-hybridized carbons (Fsp3) is 0.200. The van der Waals surface area contributed by atoms with Gasteiger partial charge in [-0.3, -0.25) is 14.2 Å². The molecule has 2 heterocycles. The summed E-state index contributed by atoms with van der Waals surface area (Å²) < 4.78 is 15.8. The minimum atomic E-state index is -0.804. The molecule has 1 unspecified atom stereocenters. The summed E-state index contributed by atoms with van der Waals surface area (Å²) in [6.45, 7) is 3.88. The maximum atomic E-state index is 13.9. The van der Waals surface area contributed by atoms with E-state index in [0.717, 1.165) is 22.4 Å². The van der Waals surface area contributed by atoms with Crippen molar-refractivity contribution in [2.45, 2.75) is 26.4 Å². The standard InChI is InChI=1S/C25H24FN5O2/c1-16(2)23(30-24(32)18-7-3-4-8-19(18)26)25(33)28-14-17-11-12-22(27-13-17)31-15-29-20-9-5-6-10-21(20)31/h3-13,15-16,23H,14H2,1-2H3,(H,28,33)(H,30,32). The molecule has 7 nitrogen and oxygen atoms in total. The summed E-state index contributed by atoms with van der Waals surface area (Å²) in [5, 5.41) is 5.47. The Hall–Kier alpha value is -4.07. The third kappa shape index (κ3) is 4.90. The van der Waals surface area contributed by atoms with E-state index in [-0.39, 0.29) is 23.9 Å². The molecule has 0 saturated heterocycles. The number of imidazole rings is 1. The Kier molecular flexibility index (Phi) is 6.44. The third-order valence-corrected chi connectivity index (χ3v) is 5.33. The maximum absolute atomic E-state index is 13.9. The van der Waals surface area contributed by atoms with E-state index in [1.165, 1.54) is 18.2 Å². The van der Waals surface area contributed by atoms with Crippen molar-refractivity contribution in [2.75, 3.05) is 0 Å². The average molecular weight is 445 g/mol. The van der Waals surface area contributed by atoms with Gasteiger partial charge in [-0.05, 0) is 41.8 Å². The molecule has 0 saturated carbocycles. The lowest BCUT2D eigenvalue weighted by Gasteiger charge is -2.22. The van der Waals surface area contributed by atoms with Crippen molar-refractivity contribution in [1.29, 1.82) is 0 Å². The van der Waals surface area contributed by atoms with Crippen LogP contribution in [-0.2, 0) is 11.3 Å². The fourth-order valence-electron chi connectivity index (χ4n) is 3.50. The second-order valence-corrected chi connectivity index (χ2v) is 8.02. The van der Waals surface area contributed by atoms with Gasteiger partial charge in [0.15, 0.2) is 0 Å². The zero-order valence-electron chi connectivity index (χ0n) is 18.3. The number of carbonyl (C=O) groups excluding carboxylic acids is 2. The lowest BCUT2D eigenvalue weighted by Crippen LogP contribution is -2.49. The fourth-order valence-corrected chi connectivity index (χ4v) is 3.50. The normalized spacial score (nSPS) is 12.0. The smallest absolute Gasteiger partial charge is 0.254 e. The first kappa shape index (κ1) is 22.1. The van der Waals surface area contributed by atoms with Gasteiger partial charge >= 0.3 is 0 Å². The first-order chi connectivity index (χ1) is 15.9. The number of halogens is 1. The second-order valence-electron chi connectivity index (χ2n) is 8.02. The van der Waals surface area contributed by atoms with E-state index in [9.17, 15) is 14.0 Å². The van der Waals surface area contributed by atoms with Crippen LogP contribution in [0.4, 0.5) is 4.39 Å². The highest BCUT2D eigenvalue weighted by Crippen LogP contribution is 2.16. The number of benzene rings is 2. The average Bonchev–Trinajstić information content (AvgIpc) is 3.25. The molecule has 0 aliphatic carbocycles. The molecule has 0 radical (unpaired) electrons. The highest BCUT2D eigenvalue weighted by molar-refractivity contribution is 5.97. The molecule has 2 aromatic carbocycles. The Balaban J connectivity index is 1.40. The van der Waals surface area contributed by atoms with Crippen LogP contribution >= 0.6 is 0 Å². The molecule has 4 aromatic rings. The number of para-hydroxylation sites is 2. The van der Waals surface area contributed by atoms with Gasteiger partial charge in [0.1, 0.15) is 24.0 Å². The summed E-state index contributed by atoms with van der Waals surface area (Å²) in [5.41, 5.74) is 2.55. The molecule has 2 aromatic heterocycles. The van der Waals surface area contributed by atoms with E-state index in [4.69, 9.17) is 0 Å². The number of nitrogens with one attached hydrogen (secondary N) is 2. The SMILES string of the molecule is CC(C)C(NC(=O)c1ccccc1F)C(=O)NCc1ccc(-n2cnc3ccccc32)nc1. The molecule has 1 atom stereocenters. The molecular formula is C25H24FN5O2. The summed E-state index contributed by atoms with van der Waals surface area (Å²) in [4.78, 5) is 34.1. The summed E-state index contributed by atoms with van der Waals surface area (Å²) in [6.07, 6.45) is 3.41. The molecule has 0 aliphatic rings. The van der Waals surface area contributed by atoms with E-state index >= 15 is 0 Å². The molecule has 0 fully saturated rings. The number of aromatic nitrogens is 3. The lowest BCUT2D eigenvalue weighted by atomic mass is 10.0. The number of pyridine rings is 1. The van der Waals surface area contributed by atoms with Crippen LogP contribution in [0.1, 0.15) is 29.8 Å². The number of carbonyl (C=O) groups is 2. The Morgan fingerprint density at radius 2 is 1.76 bits per heavy atom. The predicted octanol–water partition coefficient (Wildman–Crippen LogP) is 3.63. The third-order valence-electron chi connectivity index (χ3n) is 5.33. The number of amides is 2. The van der Waals surface area contributed by atoms with Gasteiger partial charge in [-0.25, -0.2) is 14.4 Å². The molecular weight excluding hydrogens is 421 g/mol. The number of rotatable bonds is 7. The Morgan fingerprint density at radius 1 is 1.00 bits per heavy atom. The zero-order chi connectivity index (χ0) is 23.4.